The zero-order valence-corrected chi connectivity index (χ0v) is 10.1. The lowest BCUT2D eigenvalue weighted by atomic mass is 10.1. The largest absolute Gasteiger partial charge is 0.103 e. The van der Waals surface area contributed by atoms with Crippen LogP contribution in [0.1, 0.15) is 42.9 Å². The van der Waals surface area contributed by atoms with Crippen LogP contribution in [0.2, 0.25) is 0 Å². The fourth-order valence-corrected chi connectivity index (χ4v) is 1.78. The standard InChI is InChI=1S/C9H10.C6H12/c1-7-2-3-8-4-5-9(7)6-8;1-3-5-6-4-2/h2-3,6H,4-5H2,1H3;3H,1,4-6H2,2H3. The van der Waals surface area contributed by atoms with Gasteiger partial charge in [-0.2, -0.15) is 0 Å². The van der Waals surface area contributed by atoms with Gasteiger partial charge in [-0.3, -0.25) is 0 Å². The fraction of sp³-hybridized carbons (Fsp3) is 0.467. The zero-order valence-electron chi connectivity index (χ0n) is 10.1. The van der Waals surface area contributed by atoms with Crippen LogP contribution in [0.3, 0.4) is 0 Å². The van der Waals surface area contributed by atoms with Crippen LogP contribution in [0.25, 0.3) is 0 Å². The molecule has 0 aliphatic heterocycles. The van der Waals surface area contributed by atoms with Gasteiger partial charge in [-0.25, -0.2) is 0 Å². The first kappa shape index (κ1) is 12.0. The molecule has 1 aliphatic carbocycles. The molecule has 2 bridgehead atoms. The third-order valence-corrected chi connectivity index (χ3v) is 2.86. The van der Waals surface area contributed by atoms with E-state index in [0.717, 1.165) is 0 Å². The minimum atomic E-state index is 1.18. The predicted molar refractivity (Wildman–Crippen MR) is 68.3 cm³/mol. The molecule has 0 nitrogen and oxygen atoms in total. The zero-order chi connectivity index (χ0) is 11.1. The quantitative estimate of drug-likeness (QED) is 0.501. The third-order valence-electron chi connectivity index (χ3n) is 2.86. The fourth-order valence-electron chi connectivity index (χ4n) is 1.78. The summed E-state index contributed by atoms with van der Waals surface area (Å²) in [5.74, 6) is 0. The summed E-state index contributed by atoms with van der Waals surface area (Å²) < 4.78 is 0. The van der Waals surface area contributed by atoms with Crippen LogP contribution in [-0.4, -0.2) is 0 Å². The Balaban J connectivity index is 0.000000167. The number of benzene rings is 1. The Morgan fingerprint density at radius 2 is 2.13 bits per heavy atom. The molecule has 1 aromatic rings. The summed E-state index contributed by atoms with van der Waals surface area (Å²) in [6.45, 7) is 7.97. The van der Waals surface area contributed by atoms with Gasteiger partial charge in [-0.05, 0) is 42.9 Å². The minimum Gasteiger partial charge on any atom is -0.103 e. The first-order valence-electron chi connectivity index (χ1n) is 5.97. The molecular weight excluding hydrogens is 180 g/mol. The van der Waals surface area contributed by atoms with Gasteiger partial charge < -0.3 is 0 Å². The van der Waals surface area contributed by atoms with E-state index in [2.05, 4.69) is 38.6 Å². The molecule has 1 aliphatic rings. The first-order chi connectivity index (χ1) is 7.27. The number of allylic oxidation sites excluding steroid dienone is 1. The van der Waals surface area contributed by atoms with E-state index in [1.807, 2.05) is 6.08 Å². The van der Waals surface area contributed by atoms with Crippen molar-refractivity contribution < 1.29 is 0 Å². The van der Waals surface area contributed by atoms with Gasteiger partial charge in [0.15, 0.2) is 0 Å². The summed E-state index contributed by atoms with van der Waals surface area (Å²) in [6.07, 6.45) is 8.26. The summed E-state index contributed by atoms with van der Waals surface area (Å²) in [5, 5.41) is 0. The second-order valence-corrected chi connectivity index (χ2v) is 4.19. The van der Waals surface area contributed by atoms with Crippen molar-refractivity contribution >= 4 is 0 Å². The first-order valence-corrected chi connectivity index (χ1v) is 5.97. The number of fused-ring (bicyclic) bond motifs is 2. The second kappa shape index (κ2) is 6.44. The van der Waals surface area contributed by atoms with E-state index in [9.17, 15) is 0 Å². The van der Waals surface area contributed by atoms with Gasteiger partial charge in [-0.1, -0.05) is 44.0 Å². The van der Waals surface area contributed by atoms with Crippen molar-refractivity contribution in [1.82, 2.24) is 0 Å². The van der Waals surface area contributed by atoms with Gasteiger partial charge in [0.05, 0.1) is 0 Å². The number of hydrogen-bond acceptors (Lipinski definition) is 0. The number of rotatable bonds is 3. The monoisotopic (exact) mass is 202 g/mol. The van der Waals surface area contributed by atoms with Crippen molar-refractivity contribution in [3.8, 4) is 0 Å². The van der Waals surface area contributed by atoms with E-state index < -0.39 is 0 Å². The van der Waals surface area contributed by atoms with Crippen LogP contribution in [-0.2, 0) is 12.8 Å². The van der Waals surface area contributed by atoms with Crippen LogP contribution in [0.15, 0.2) is 30.9 Å². The molecule has 0 spiro atoms. The van der Waals surface area contributed by atoms with Crippen LogP contribution < -0.4 is 0 Å². The maximum Gasteiger partial charge on any atom is -0.0236 e. The van der Waals surface area contributed by atoms with Crippen molar-refractivity contribution in [3.63, 3.8) is 0 Å². The Morgan fingerprint density at radius 1 is 1.33 bits per heavy atom. The normalized spacial score (nSPS) is 11.9. The highest BCUT2D eigenvalue weighted by atomic mass is 14.1. The van der Waals surface area contributed by atoms with Gasteiger partial charge >= 0.3 is 0 Å². The smallest absolute Gasteiger partial charge is 0.0236 e. The van der Waals surface area contributed by atoms with Crippen molar-refractivity contribution in [1.29, 1.82) is 0 Å². The molecule has 0 heteroatoms. The van der Waals surface area contributed by atoms with E-state index in [1.54, 1.807) is 5.56 Å². The van der Waals surface area contributed by atoms with Crippen LogP contribution in [0.4, 0.5) is 0 Å². The summed E-state index contributed by atoms with van der Waals surface area (Å²) in [4.78, 5) is 0. The summed E-state index contributed by atoms with van der Waals surface area (Å²) in [7, 11) is 0. The Labute approximate surface area is 94.0 Å². The number of unbranched alkanes of at least 4 members (excludes halogenated alkanes) is 2. The van der Waals surface area contributed by atoms with Gasteiger partial charge in [0, 0.05) is 0 Å². The number of hydrogen-bond donors (Lipinski definition) is 0. The predicted octanol–water partition coefficient (Wildman–Crippen LogP) is 4.46. The maximum atomic E-state index is 3.60. The highest BCUT2D eigenvalue weighted by molar-refractivity contribution is 5.36. The summed E-state index contributed by atoms with van der Waals surface area (Å²) in [6, 6.07) is 6.76. The molecule has 0 unspecified atom stereocenters. The summed E-state index contributed by atoms with van der Waals surface area (Å²) in [5.41, 5.74) is 4.51. The van der Waals surface area contributed by atoms with E-state index in [1.165, 1.54) is 43.2 Å². The molecule has 1 aromatic carbocycles. The molecule has 0 fully saturated rings. The lowest BCUT2D eigenvalue weighted by Crippen LogP contribution is -1.78. The Bertz CT molecular complexity index is 310. The number of aryl methyl sites for hydroxylation is 3. The van der Waals surface area contributed by atoms with E-state index in [-0.39, 0.29) is 0 Å². The van der Waals surface area contributed by atoms with Crippen molar-refractivity contribution in [2.24, 2.45) is 0 Å². The van der Waals surface area contributed by atoms with E-state index >= 15 is 0 Å². The van der Waals surface area contributed by atoms with Gasteiger partial charge in [0.25, 0.3) is 0 Å². The molecule has 2 rings (SSSR count). The lowest BCUT2D eigenvalue weighted by Gasteiger charge is -1.93. The van der Waals surface area contributed by atoms with Crippen LogP contribution in [0.5, 0.6) is 0 Å². The molecular formula is C15H22. The van der Waals surface area contributed by atoms with Crippen molar-refractivity contribution in [2.45, 2.75) is 46.0 Å². The average Bonchev–Trinajstić information content (AvgIpc) is 2.66. The molecule has 0 aromatic heterocycles. The molecule has 82 valence electrons. The summed E-state index contributed by atoms with van der Waals surface area (Å²) >= 11 is 0. The lowest BCUT2D eigenvalue weighted by molar-refractivity contribution is 0.816. The molecule has 15 heavy (non-hydrogen) atoms. The van der Waals surface area contributed by atoms with Gasteiger partial charge in [-0.15, -0.1) is 6.58 Å². The highest BCUT2D eigenvalue weighted by Crippen LogP contribution is 2.20. The maximum absolute atomic E-state index is 3.60. The molecule has 0 atom stereocenters. The third kappa shape index (κ3) is 3.91. The molecule has 0 saturated carbocycles. The van der Waals surface area contributed by atoms with Gasteiger partial charge in [0.1, 0.15) is 0 Å². The Morgan fingerprint density at radius 3 is 2.67 bits per heavy atom. The molecule has 0 saturated heterocycles. The second-order valence-electron chi connectivity index (χ2n) is 4.19. The van der Waals surface area contributed by atoms with Crippen LogP contribution >= 0.6 is 0 Å². The van der Waals surface area contributed by atoms with Gasteiger partial charge in [0.2, 0.25) is 0 Å². The SMILES string of the molecule is C=CCCCC.Cc1ccc2cc1CC2. The highest BCUT2D eigenvalue weighted by Gasteiger charge is 2.07. The molecule has 0 N–H and O–H groups in total. The average molecular weight is 202 g/mol. The van der Waals surface area contributed by atoms with Crippen molar-refractivity contribution in [3.05, 3.63) is 47.5 Å². The molecule has 0 amide bonds. The molecule has 0 heterocycles. The van der Waals surface area contributed by atoms with E-state index in [0.29, 0.717) is 0 Å². The van der Waals surface area contributed by atoms with E-state index in [4.69, 9.17) is 0 Å². The topological polar surface area (TPSA) is 0 Å². The minimum absolute atomic E-state index is 1.18. The Hall–Kier alpha value is -1.04. The Kier molecular flexibility index (Phi) is 5.17. The van der Waals surface area contributed by atoms with Crippen LogP contribution in [0, 0.1) is 6.92 Å². The van der Waals surface area contributed by atoms with Crippen molar-refractivity contribution in [2.75, 3.05) is 0 Å². The molecule has 0 radical (unpaired) electrons.